The monoisotopic (exact) mass is 300 g/mol. The van der Waals surface area contributed by atoms with Gasteiger partial charge in [0, 0.05) is 7.05 Å². The predicted molar refractivity (Wildman–Crippen MR) is 82.7 cm³/mol. The van der Waals surface area contributed by atoms with Crippen molar-refractivity contribution in [3.8, 4) is 0 Å². The van der Waals surface area contributed by atoms with Gasteiger partial charge in [-0.2, -0.15) is 0 Å². The third-order valence-electron chi connectivity index (χ3n) is 3.49. The molecule has 1 aromatic carbocycles. The van der Waals surface area contributed by atoms with Gasteiger partial charge in [-0.05, 0) is 30.1 Å². The van der Waals surface area contributed by atoms with Crippen LogP contribution >= 0.6 is 11.5 Å². The van der Waals surface area contributed by atoms with E-state index in [1.54, 1.807) is 0 Å². The number of nitrogens with zero attached hydrogens (tertiary/aromatic N) is 4. The van der Waals surface area contributed by atoms with Gasteiger partial charge in [0.05, 0.1) is 23.1 Å². The van der Waals surface area contributed by atoms with Crippen LogP contribution in [-0.2, 0) is 19.9 Å². The average molecular weight is 300 g/mol. The summed E-state index contributed by atoms with van der Waals surface area (Å²) in [6.45, 7) is 2.07. The first-order chi connectivity index (χ1) is 10.2. The second-order valence-corrected chi connectivity index (χ2v) is 5.73. The van der Waals surface area contributed by atoms with Gasteiger partial charge in [-0.15, -0.1) is 5.10 Å². The van der Waals surface area contributed by atoms with E-state index in [4.69, 9.17) is 0 Å². The van der Waals surface area contributed by atoms with Crippen LogP contribution in [-0.4, -0.2) is 24.9 Å². The maximum atomic E-state index is 12.5. The number of fused-ring (bicyclic) bond motifs is 1. The quantitative estimate of drug-likeness (QED) is 0.680. The summed E-state index contributed by atoms with van der Waals surface area (Å²) < 4.78 is 5.89. The third-order valence-corrected chi connectivity index (χ3v) is 4.30. The molecule has 0 atom stereocenters. The maximum absolute atomic E-state index is 12.5. The fourth-order valence-corrected chi connectivity index (χ4v) is 3.04. The standard InChI is InChI=1S/C15H16N4OS/c1-3-6-11-15(21-18-17-11)13(20)9-14-16-10-7-4-5-8-12(10)19(14)2/h4-5,7-8H,3,6,9H2,1-2H3. The number of para-hydroxylation sites is 2. The van der Waals surface area contributed by atoms with Crippen molar-refractivity contribution >= 4 is 28.3 Å². The molecule has 2 aromatic heterocycles. The molecule has 2 heterocycles. The number of aryl methyl sites for hydroxylation is 2. The smallest absolute Gasteiger partial charge is 0.183 e. The Hall–Kier alpha value is -2.08. The predicted octanol–water partition coefficient (Wildman–Crippen LogP) is 2.80. The van der Waals surface area contributed by atoms with Gasteiger partial charge in [-0.25, -0.2) is 4.98 Å². The Morgan fingerprint density at radius 3 is 2.90 bits per heavy atom. The van der Waals surface area contributed by atoms with Gasteiger partial charge < -0.3 is 4.57 Å². The SMILES string of the molecule is CCCc1nnsc1C(=O)Cc1nc2ccccc2n1C. The highest BCUT2D eigenvalue weighted by atomic mass is 32.1. The molecule has 0 radical (unpaired) electrons. The van der Waals surface area contributed by atoms with E-state index in [-0.39, 0.29) is 12.2 Å². The number of hydrogen-bond donors (Lipinski definition) is 0. The Labute approximate surface area is 126 Å². The minimum absolute atomic E-state index is 0.0480. The van der Waals surface area contributed by atoms with E-state index in [1.807, 2.05) is 35.9 Å². The fourth-order valence-electron chi connectivity index (χ4n) is 2.40. The van der Waals surface area contributed by atoms with Crippen LogP contribution < -0.4 is 0 Å². The van der Waals surface area contributed by atoms with Crippen LogP contribution in [0.1, 0.15) is 34.5 Å². The van der Waals surface area contributed by atoms with E-state index in [0.717, 1.165) is 35.4 Å². The lowest BCUT2D eigenvalue weighted by molar-refractivity contribution is 0.0993. The zero-order chi connectivity index (χ0) is 14.8. The summed E-state index contributed by atoms with van der Waals surface area (Å²) in [6.07, 6.45) is 2.03. The molecule has 0 aliphatic carbocycles. The topological polar surface area (TPSA) is 60.7 Å². The minimum Gasteiger partial charge on any atom is -0.331 e. The molecule has 0 aliphatic rings. The van der Waals surface area contributed by atoms with E-state index in [9.17, 15) is 4.79 Å². The first-order valence-corrected chi connectivity index (χ1v) is 7.72. The van der Waals surface area contributed by atoms with Gasteiger partial charge >= 0.3 is 0 Å². The molecule has 6 heteroatoms. The van der Waals surface area contributed by atoms with Crippen LogP contribution in [0.15, 0.2) is 24.3 Å². The van der Waals surface area contributed by atoms with Crippen molar-refractivity contribution in [3.05, 3.63) is 40.7 Å². The number of ketones is 1. The molecule has 5 nitrogen and oxygen atoms in total. The van der Waals surface area contributed by atoms with E-state index >= 15 is 0 Å². The fraction of sp³-hybridized carbons (Fsp3) is 0.333. The number of hydrogen-bond acceptors (Lipinski definition) is 5. The summed E-state index contributed by atoms with van der Waals surface area (Å²) in [6, 6.07) is 7.89. The molecule has 0 fully saturated rings. The molecule has 0 unspecified atom stereocenters. The first-order valence-electron chi connectivity index (χ1n) is 6.95. The molecule has 0 N–H and O–H groups in total. The molecule has 21 heavy (non-hydrogen) atoms. The number of imidazole rings is 1. The first kappa shape index (κ1) is 13.9. The number of aromatic nitrogens is 4. The van der Waals surface area contributed by atoms with Crippen LogP contribution in [0, 0.1) is 0 Å². The van der Waals surface area contributed by atoms with Crippen LogP contribution in [0.4, 0.5) is 0 Å². The molecule has 108 valence electrons. The molecule has 0 bridgehead atoms. The van der Waals surface area contributed by atoms with Gasteiger partial charge in [-0.1, -0.05) is 30.0 Å². The number of carbonyl (C=O) groups is 1. The summed E-state index contributed by atoms with van der Waals surface area (Å²) in [5.41, 5.74) is 2.77. The highest BCUT2D eigenvalue weighted by molar-refractivity contribution is 7.08. The van der Waals surface area contributed by atoms with Crippen molar-refractivity contribution in [2.45, 2.75) is 26.2 Å². The summed E-state index contributed by atoms with van der Waals surface area (Å²) in [5.74, 6) is 0.823. The number of rotatable bonds is 5. The third kappa shape index (κ3) is 2.58. The highest BCUT2D eigenvalue weighted by Gasteiger charge is 2.18. The van der Waals surface area contributed by atoms with Crippen molar-refractivity contribution in [1.29, 1.82) is 0 Å². The lowest BCUT2D eigenvalue weighted by Gasteiger charge is -2.01. The normalized spacial score (nSPS) is 11.1. The van der Waals surface area contributed by atoms with E-state index in [0.29, 0.717) is 4.88 Å². The Balaban J connectivity index is 1.89. The van der Waals surface area contributed by atoms with E-state index in [1.165, 1.54) is 11.5 Å². The zero-order valence-electron chi connectivity index (χ0n) is 12.0. The molecular formula is C15H16N4OS. The maximum Gasteiger partial charge on any atom is 0.183 e. The largest absolute Gasteiger partial charge is 0.331 e. The minimum atomic E-state index is 0.0480. The van der Waals surface area contributed by atoms with Gasteiger partial charge in [0.25, 0.3) is 0 Å². The molecule has 0 saturated carbocycles. The molecule has 0 amide bonds. The van der Waals surface area contributed by atoms with Crippen molar-refractivity contribution < 1.29 is 4.79 Å². The van der Waals surface area contributed by atoms with Gasteiger partial charge in [-0.3, -0.25) is 4.79 Å². The summed E-state index contributed by atoms with van der Waals surface area (Å²) in [7, 11) is 1.94. The number of benzene rings is 1. The molecule has 0 aliphatic heterocycles. The molecule has 0 saturated heterocycles. The van der Waals surface area contributed by atoms with E-state index < -0.39 is 0 Å². The van der Waals surface area contributed by atoms with Crippen LogP contribution in [0.5, 0.6) is 0 Å². The van der Waals surface area contributed by atoms with Crippen LogP contribution in [0.2, 0.25) is 0 Å². The Kier molecular flexibility index (Phi) is 3.79. The molecule has 3 rings (SSSR count). The summed E-state index contributed by atoms with van der Waals surface area (Å²) >= 11 is 1.18. The number of Topliss-reactive ketones (excluding diaryl/α,β-unsaturated/α-hetero) is 1. The van der Waals surface area contributed by atoms with Crippen molar-refractivity contribution in [2.24, 2.45) is 7.05 Å². The lowest BCUT2D eigenvalue weighted by Crippen LogP contribution is -2.09. The lowest BCUT2D eigenvalue weighted by atomic mass is 10.1. The second-order valence-electron chi connectivity index (χ2n) is 4.97. The average Bonchev–Trinajstić information content (AvgIpc) is 3.06. The Morgan fingerprint density at radius 2 is 2.14 bits per heavy atom. The van der Waals surface area contributed by atoms with E-state index in [2.05, 4.69) is 21.5 Å². The van der Waals surface area contributed by atoms with Crippen LogP contribution in [0.25, 0.3) is 11.0 Å². The highest BCUT2D eigenvalue weighted by Crippen LogP contribution is 2.18. The summed E-state index contributed by atoms with van der Waals surface area (Å²) in [4.78, 5) is 17.7. The van der Waals surface area contributed by atoms with Gasteiger partial charge in [0.1, 0.15) is 10.7 Å². The van der Waals surface area contributed by atoms with Crippen molar-refractivity contribution in [2.75, 3.05) is 0 Å². The molecule has 0 spiro atoms. The molecular weight excluding hydrogens is 284 g/mol. The summed E-state index contributed by atoms with van der Waals surface area (Å²) in [5, 5.41) is 4.05. The zero-order valence-corrected chi connectivity index (χ0v) is 12.9. The Morgan fingerprint density at radius 1 is 1.33 bits per heavy atom. The Bertz CT molecular complexity index is 790. The second kappa shape index (κ2) is 5.73. The van der Waals surface area contributed by atoms with Crippen molar-refractivity contribution in [1.82, 2.24) is 19.1 Å². The van der Waals surface area contributed by atoms with Crippen molar-refractivity contribution in [3.63, 3.8) is 0 Å². The van der Waals surface area contributed by atoms with Gasteiger partial charge in [0.15, 0.2) is 5.78 Å². The van der Waals surface area contributed by atoms with Crippen LogP contribution in [0.3, 0.4) is 0 Å². The number of carbonyl (C=O) groups excluding carboxylic acids is 1. The molecule has 3 aromatic rings. The van der Waals surface area contributed by atoms with Gasteiger partial charge in [0.2, 0.25) is 0 Å².